The SMILES string of the molecule is CCCC=CC1(c2ccc(B(O)O)cc2F)CCCCC1. The summed E-state index contributed by atoms with van der Waals surface area (Å²) in [5.41, 5.74) is 0.676. The van der Waals surface area contributed by atoms with Gasteiger partial charge < -0.3 is 10.0 Å². The molecule has 1 aliphatic rings. The van der Waals surface area contributed by atoms with Crippen LogP contribution in [0.15, 0.2) is 30.4 Å². The van der Waals surface area contributed by atoms with Gasteiger partial charge >= 0.3 is 7.12 Å². The van der Waals surface area contributed by atoms with Crippen molar-refractivity contribution in [1.82, 2.24) is 0 Å². The Morgan fingerprint density at radius 2 is 1.95 bits per heavy atom. The zero-order chi connectivity index (χ0) is 15.3. The molecule has 0 aliphatic heterocycles. The molecule has 1 aliphatic carbocycles. The molecule has 2 nitrogen and oxygen atoms in total. The Bertz CT molecular complexity index is 494. The summed E-state index contributed by atoms with van der Waals surface area (Å²) in [7, 11) is -1.62. The first kappa shape index (κ1) is 16.2. The molecule has 0 amide bonds. The van der Waals surface area contributed by atoms with Crippen LogP contribution in [-0.4, -0.2) is 17.2 Å². The largest absolute Gasteiger partial charge is 0.488 e. The number of hydrogen-bond acceptors (Lipinski definition) is 2. The van der Waals surface area contributed by atoms with E-state index in [1.165, 1.54) is 12.5 Å². The average Bonchev–Trinajstić information content (AvgIpc) is 2.48. The van der Waals surface area contributed by atoms with E-state index < -0.39 is 7.12 Å². The minimum absolute atomic E-state index is 0.208. The second kappa shape index (κ2) is 7.23. The van der Waals surface area contributed by atoms with E-state index in [0.29, 0.717) is 5.56 Å². The van der Waals surface area contributed by atoms with Gasteiger partial charge in [0.2, 0.25) is 0 Å². The standard InChI is InChI=1S/C17H24BFO2/c1-2-3-5-10-17(11-6-4-7-12-17)15-9-8-14(18(20)21)13-16(15)19/h5,8-10,13,20-21H,2-4,6-7,11-12H2,1H3. The predicted molar refractivity (Wildman–Crippen MR) is 85.0 cm³/mol. The van der Waals surface area contributed by atoms with Crippen LogP contribution in [0, 0.1) is 5.82 Å². The second-order valence-electron chi connectivity index (χ2n) is 6.02. The minimum atomic E-state index is -1.62. The molecular weight excluding hydrogens is 266 g/mol. The topological polar surface area (TPSA) is 40.5 Å². The van der Waals surface area contributed by atoms with Gasteiger partial charge in [0.1, 0.15) is 5.82 Å². The highest BCUT2D eigenvalue weighted by atomic mass is 19.1. The van der Waals surface area contributed by atoms with E-state index in [0.717, 1.165) is 38.5 Å². The van der Waals surface area contributed by atoms with Crippen LogP contribution < -0.4 is 5.46 Å². The maximum Gasteiger partial charge on any atom is 0.488 e. The average molecular weight is 290 g/mol. The zero-order valence-corrected chi connectivity index (χ0v) is 12.7. The Morgan fingerprint density at radius 1 is 1.24 bits per heavy atom. The maximum atomic E-state index is 14.5. The third-order valence-corrected chi connectivity index (χ3v) is 4.47. The van der Waals surface area contributed by atoms with Crippen LogP contribution in [0.25, 0.3) is 0 Å². The molecule has 4 heteroatoms. The molecule has 21 heavy (non-hydrogen) atoms. The monoisotopic (exact) mass is 290 g/mol. The van der Waals surface area contributed by atoms with Crippen LogP contribution >= 0.6 is 0 Å². The van der Waals surface area contributed by atoms with Gasteiger partial charge in [0, 0.05) is 5.41 Å². The van der Waals surface area contributed by atoms with Crippen molar-refractivity contribution in [2.24, 2.45) is 0 Å². The van der Waals surface area contributed by atoms with Crippen LogP contribution in [0.5, 0.6) is 0 Å². The molecule has 2 rings (SSSR count). The quantitative estimate of drug-likeness (QED) is 0.646. The molecule has 0 bridgehead atoms. The first-order valence-corrected chi connectivity index (χ1v) is 7.93. The van der Waals surface area contributed by atoms with Crippen molar-refractivity contribution in [2.45, 2.75) is 57.3 Å². The Labute approximate surface area is 126 Å². The number of hydrogen-bond donors (Lipinski definition) is 2. The minimum Gasteiger partial charge on any atom is -0.423 e. The molecule has 1 saturated carbocycles. The van der Waals surface area contributed by atoms with Gasteiger partial charge in [-0.15, -0.1) is 0 Å². The van der Waals surface area contributed by atoms with E-state index in [4.69, 9.17) is 10.0 Å². The molecule has 2 N–H and O–H groups in total. The summed E-state index contributed by atoms with van der Waals surface area (Å²) in [5, 5.41) is 18.3. The van der Waals surface area contributed by atoms with Gasteiger partial charge in [0.15, 0.2) is 0 Å². The van der Waals surface area contributed by atoms with Crippen LogP contribution in [0.4, 0.5) is 4.39 Å². The van der Waals surface area contributed by atoms with E-state index >= 15 is 0 Å². The first-order valence-electron chi connectivity index (χ1n) is 7.93. The number of halogens is 1. The van der Waals surface area contributed by atoms with E-state index in [9.17, 15) is 4.39 Å². The Balaban J connectivity index is 2.36. The highest BCUT2D eigenvalue weighted by Crippen LogP contribution is 2.41. The summed E-state index contributed by atoms with van der Waals surface area (Å²) < 4.78 is 14.5. The smallest absolute Gasteiger partial charge is 0.423 e. The summed E-state index contributed by atoms with van der Waals surface area (Å²) in [6.45, 7) is 2.13. The van der Waals surface area contributed by atoms with Crippen LogP contribution in [0.1, 0.15) is 57.4 Å². The molecule has 0 unspecified atom stereocenters. The number of benzene rings is 1. The lowest BCUT2D eigenvalue weighted by molar-refractivity contribution is 0.345. The van der Waals surface area contributed by atoms with Crippen molar-refractivity contribution < 1.29 is 14.4 Å². The summed E-state index contributed by atoms with van der Waals surface area (Å²) in [4.78, 5) is 0. The molecule has 114 valence electrons. The van der Waals surface area contributed by atoms with Gasteiger partial charge in [-0.2, -0.15) is 0 Å². The number of unbranched alkanes of at least 4 members (excludes halogenated alkanes) is 1. The van der Waals surface area contributed by atoms with Crippen LogP contribution in [0.3, 0.4) is 0 Å². The van der Waals surface area contributed by atoms with Gasteiger partial charge in [0.05, 0.1) is 0 Å². The summed E-state index contributed by atoms with van der Waals surface area (Å²) in [6, 6.07) is 4.60. The third-order valence-electron chi connectivity index (χ3n) is 4.47. The van der Waals surface area contributed by atoms with Gasteiger partial charge in [-0.05, 0) is 36.4 Å². The molecule has 0 atom stereocenters. The zero-order valence-electron chi connectivity index (χ0n) is 12.7. The van der Waals surface area contributed by atoms with Gasteiger partial charge in [-0.3, -0.25) is 0 Å². The molecular formula is C17H24BFO2. The van der Waals surface area contributed by atoms with Crippen molar-refractivity contribution >= 4 is 12.6 Å². The summed E-state index contributed by atoms with van der Waals surface area (Å²) in [6.07, 6.45) is 11.8. The van der Waals surface area contributed by atoms with E-state index in [-0.39, 0.29) is 16.7 Å². The molecule has 1 aromatic rings. The second-order valence-corrected chi connectivity index (χ2v) is 6.02. The molecule has 1 fully saturated rings. The normalized spacial score (nSPS) is 18.1. The fraction of sp³-hybridized carbons (Fsp3) is 0.529. The fourth-order valence-electron chi connectivity index (χ4n) is 3.28. The highest BCUT2D eigenvalue weighted by Gasteiger charge is 2.33. The molecule has 1 aromatic carbocycles. The van der Waals surface area contributed by atoms with Crippen molar-refractivity contribution in [2.75, 3.05) is 0 Å². The Kier molecular flexibility index (Phi) is 5.60. The third kappa shape index (κ3) is 3.75. The molecule has 0 radical (unpaired) electrons. The Hall–Kier alpha value is -1.13. The van der Waals surface area contributed by atoms with E-state index in [1.54, 1.807) is 12.1 Å². The van der Waals surface area contributed by atoms with Gasteiger partial charge in [-0.1, -0.05) is 56.9 Å². The van der Waals surface area contributed by atoms with Crippen LogP contribution in [0.2, 0.25) is 0 Å². The molecule has 0 saturated heterocycles. The Morgan fingerprint density at radius 3 is 2.52 bits per heavy atom. The number of rotatable bonds is 5. The van der Waals surface area contributed by atoms with Gasteiger partial charge in [-0.25, -0.2) is 4.39 Å². The van der Waals surface area contributed by atoms with Crippen molar-refractivity contribution in [1.29, 1.82) is 0 Å². The van der Waals surface area contributed by atoms with Gasteiger partial charge in [0.25, 0.3) is 0 Å². The highest BCUT2D eigenvalue weighted by molar-refractivity contribution is 6.58. The molecule has 0 aromatic heterocycles. The summed E-state index contributed by atoms with van der Waals surface area (Å²) >= 11 is 0. The van der Waals surface area contributed by atoms with Crippen molar-refractivity contribution in [3.63, 3.8) is 0 Å². The van der Waals surface area contributed by atoms with E-state index in [1.807, 2.05) is 0 Å². The van der Waals surface area contributed by atoms with Crippen LogP contribution in [-0.2, 0) is 5.41 Å². The number of allylic oxidation sites excluding steroid dienone is 2. The predicted octanol–water partition coefficient (Wildman–Crippen LogP) is 3.06. The summed E-state index contributed by atoms with van der Waals surface area (Å²) in [5.74, 6) is -0.330. The lowest BCUT2D eigenvalue weighted by Gasteiger charge is -2.35. The molecule has 0 spiro atoms. The lowest BCUT2D eigenvalue weighted by Crippen LogP contribution is -2.33. The first-order chi connectivity index (χ1) is 10.1. The maximum absolute atomic E-state index is 14.5. The lowest BCUT2D eigenvalue weighted by atomic mass is 9.68. The van der Waals surface area contributed by atoms with E-state index in [2.05, 4.69) is 19.1 Å². The van der Waals surface area contributed by atoms with Crippen molar-refractivity contribution in [3.05, 3.63) is 41.7 Å². The fourth-order valence-corrected chi connectivity index (χ4v) is 3.28. The molecule has 0 heterocycles. The van der Waals surface area contributed by atoms with Crippen molar-refractivity contribution in [3.8, 4) is 0 Å².